The van der Waals surface area contributed by atoms with Crippen LogP contribution < -0.4 is 19.5 Å². The molecule has 4 aromatic rings. The number of fused-ring (bicyclic) bond motifs is 1. The number of carbonyl (C=O) groups is 1. The van der Waals surface area contributed by atoms with Gasteiger partial charge in [-0.05, 0) is 35.9 Å². The maximum absolute atomic E-state index is 13.8. The monoisotopic (exact) mass is 536 g/mol. The van der Waals surface area contributed by atoms with Crippen molar-refractivity contribution < 1.29 is 19.0 Å². The third-order valence-electron chi connectivity index (χ3n) is 6.96. The van der Waals surface area contributed by atoms with E-state index in [1.54, 1.807) is 43.5 Å². The standard InChI is InChI=1S/C30H28N6O4/c1-39-27-14-13-22(18-28(27)40-2)29(37)35-17-16-34(19-26(35)21-8-4-3-5-9-21)30(32-20-31)33-24-11-6-12-25-23(24)10-7-15-36(25)38/h3-15,18,26H,16-17,19H2,1-2H3,(H,32,33). The summed E-state index contributed by atoms with van der Waals surface area (Å²) in [6.07, 6.45) is 3.33. The van der Waals surface area contributed by atoms with Gasteiger partial charge in [0.15, 0.2) is 17.7 Å². The smallest absolute Gasteiger partial charge is 0.254 e. The molecule has 0 aliphatic carbocycles. The summed E-state index contributed by atoms with van der Waals surface area (Å²) in [5, 5.41) is 25.8. The molecule has 0 radical (unpaired) electrons. The van der Waals surface area contributed by atoms with Crippen LogP contribution in [-0.4, -0.2) is 55.5 Å². The van der Waals surface area contributed by atoms with Gasteiger partial charge < -0.3 is 29.8 Å². The van der Waals surface area contributed by atoms with E-state index >= 15 is 0 Å². The fourth-order valence-corrected chi connectivity index (χ4v) is 4.99. The zero-order valence-corrected chi connectivity index (χ0v) is 22.2. The van der Waals surface area contributed by atoms with E-state index in [4.69, 9.17) is 9.47 Å². The van der Waals surface area contributed by atoms with E-state index in [9.17, 15) is 15.3 Å². The number of ether oxygens (including phenoxy) is 2. The largest absolute Gasteiger partial charge is 0.618 e. The Morgan fingerprint density at radius 2 is 1.82 bits per heavy atom. The number of nitrogens with zero attached hydrogens (tertiary/aromatic N) is 5. The lowest BCUT2D eigenvalue weighted by Crippen LogP contribution is -2.53. The third-order valence-corrected chi connectivity index (χ3v) is 6.96. The number of rotatable bonds is 5. The maximum Gasteiger partial charge on any atom is 0.254 e. The lowest BCUT2D eigenvalue weighted by molar-refractivity contribution is -0.577. The van der Waals surface area contributed by atoms with Gasteiger partial charge in [0.1, 0.15) is 0 Å². The summed E-state index contributed by atoms with van der Waals surface area (Å²) in [5.74, 6) is 1.22. The van der Waals surface area contributed by atoms with Gasteiger partial charge in [-0.1, -0.05) is 36.4 Å². The summed E-state index contributed by atoms with van der Waals surface area (Å²) in [7, 11) is 3.09. The molecular formula is C30H28N6O4. The Kier molecular flexibility index (Phi) is 7.64. The Morgan fingerprint density at radius 1 is 1.02 bits per heavy atom. The fraction of sp³-hybridized carbons (Fsp3) is 0.200. The number of amides is 1. The van der Waals surface area contributed by atoms with E-state index in [2.05, 4.69) is 10.3 Å². The van der Waals surface area contributed by atoms with Crippen LogP contribution in [0.5, 0.6) is 11.5 Å². The first-order chi connectivity index (χ1) is 19.5. The molecule has 1 atom stereocenters. The normalized spacial score (nSPS) is 15.4. The Balaban J connectivity index is 1.46. The first-order valence-corrected chi connectivity index (χ1v) is 12.7. The highest BCUT2D eigenvalue weighted by Crippen LogP contribution is 2.32. The van der Waals surface area contributed by atoms with Crippen LogP contribution >= 0.6 is 0 Å². The van der Waals surface area contributed by atoms with Crippen LogP contribution in [0.3, 0.4) is 0 Å². The van der Waals surface area contributed by atoms with Gasteiger partial charge in [-0.15, -0.1) is 4.99 Å². The molecule has 1 saturated heterocycles. The SMILES string of the molecule is COc1ccc(C(=O)N2CCN(/C(=N\C#N)Nc3cccc4c3ccc[n+]4[O-])CC2c2ccccc2)cc1OC. The molecule has 3 aromatic carbocycles. The number of aliphatic imine (C=N–C) groups is 1. The molecule has 0 spiro atoms. The van der Waals surface area contributed by atoms with Gasteiger partial charge in [-0.25, -0.2) is 0 Å². The zero-order chi connectivity index (χ0) is 28.1. The van der Waals surface area contributed by atoms with Crippen molar-refractivity contribution in [3.63, 3.8) is 0 Å². The fourth-order valence-electron chi connectivity index (χ4n) is 4.99. The molecule has 202 valence electrons. The lowest BCUT2D eigenvalue weighted by Gasteiger charge is -2.42. The topological polar surface area (TPSA) is 117 Å². The lowest BCUT2D eigenvalue weighted by atomic mass is 10.0. The summed E-state index contributed by atoms with van der Waals surface area (Å²) < 4.78 is 11.5. The van der Waals surface area contributed by atoms with Crippen LogP contribution in [0.4, 0.5) is 5.69 Å². The van der Waals surface area contributed by atoms with Crippen LogP contribution in [-0.2, 0) is 0 Å². The highest BCUT2D eigenvalue weighted by atomic mass is 16.5. The van der Waals surface area contributed by atoms with Gasteiger partial charge >= 0.3 is 0 Å². The van der Waals surface area contributed by atoms with Crippen molar-refractivity contribution in [3.05, 3.63) is 101 Å². The highest BCUT2D eigenvalue weighted by molar-refractivity contribution is 6.02. The summed E-state index contributed by atoms with van der Waals surface area (Å²) in [5.41, 5.74) is 2.58. The quantitative estimate of drug-likeness (QED) is 0.135. The van der Waals surface area contributed by atoms with Crippen molar-refractivity contribution in [2.75, 3.05) is 39.2 Å². The molecule has 1 aromatic heterocycles. The number of nitriles is 1. The molecule has 1 amide bonds. The number of benzene rings is 3. The van der Waals surface area contributed by atoms with Gasteiger partial charge in [-0.3, -0.25) is 4.79 Å². The summed E-state index contributed by atoms with van der Waals surface area (Å²) in [6.45, 7) is 1.21. The van der Waals surface area contributed by atoms with Crippen LogP contribution in [0.1, 0.15) is 22.0 Å². The van der Waals surface area contributed by atoms with Gasteiger partial charge in [0, 0.05) is 37.3 Å². The molecule has 1 aliphatic rings. The third kappa shape index (κ3) is 5.17. The average molecular weight is 537 g/mol. The number of carbonyl (C=O) groups excluding carboxylic acids is 1. The average Bonchev–Trinajstić information content (AvgIpc) is 3.00. The minimum Gasteiger partial charge on any atom is -0.618 e. The van der Waals surface area contributed by atoms with Crippen molar-refractivity contribution in [2.24, 2.45) is 4.99 Å². The molecule has 1 fully saturated rings. The molecule has 1 unspecified atom stereocenters. The predicted molar refractivity (Wildman–Crippen MR) is 151 cm³/mol. The second kappa shape index (κ2) is 11.6. The van der Waals surface area contributed by atoms with Crippen LogP contribution in [0.15, 0.2) is 90.1 Å². The van der Waals surface area contributed by atoms with Crippen molar-refractivity contribution in [3.8, 4) is 17.7 Å². The first kappa shape index (κ1) is 26.3. The minimum atomic E-state index is -0.322. The molecule has 10 nitrogen and oxygen atoms in total. The van der Waals surface area contributed by atoms with E-state index < -0.39 is 0 Å². The number of hydrogen-bond donors (Lipinski definition) is 1. The Hall–Kier alpha value is -5.30. The number of aromatic nitrogens is 1. The van der Waals surface area contributed by atoms with E-state index in [1.165, 1.54) is 13.3 Å². The molecule has 2 heterocycles. The van der Waals surface area contributed by atoms with Gasteiger partial charge in [0.25, 0.3) is 5.91 Å². The number of methoxy groups -OCH3 is 2. The van der Waals surface area contributed by atoms with E-state index in [0.717, 1.165) is 10.3 Å². The van der Waals surface area contributed by atoms with Gasteiger partial charge in [-0.2, -0.15) is 9.99 Å². The van der Waals surface area contributed by atoms with Crippen molar-refractivity contribution in [2.45, 2.75) is 6.04 Å². The minimum absolute atomic E-state index is 0.143. The predicted octanol–water partition coefficient (Wildman–Crippen LogP) is 3.94. The van der Waals surface area contributed by atoms with E-state index in [0.29, 0.717) is 59.2 Å². The van der Waals surface area contributed by atoms with Crippen LogP contribution in [0.2, 0.25) is 0 Å². The summed E-state index contributed by atoms with van der Waals surface area (Å²) in [6, 6.07) is 23.4. The van der Waals surface area contributed by atoms with E-state index in [-0.39, 0.29) is 11.9 Å². The molecular weight excluding hydrogens is 508 g/mol. The number of guanidine groups is 1. The number of anilines is 1. The molecule has 40 heavy (non-hydrogen) atoms. The number of hydrogen-bond acceptors (Lipinski definition) is 6. The Bertz CT molecular complexity index is 1600. The van der Waals surface area contributed by atoms with Crippen LogP contribution in [0, 0.1) is 16.7 Å². The van der Waals surface area contributed by atoms with Crippen molar-refractivity contribution in [1.82, 2.24) is 9.80 Å². The second-order valence-corrected chi connectivity index (χ2v) is 9.17. The molecule has 10 heteroatoms. The number of nitrogens with one attached hydrogen (secondary N) is 1. The molecule has 1 aliphatic heterocycles. The molecule has 5 rings (SSSR count). The second-order valence-electron chi connectivity index (χ2n) is 9.17. The van der Waals surface area contributed by atoms with Gasteiger partial charge in [0.2, 0.25) is 17.7 Å². The van der Waals surface area contributed by atoms with Crippen molar-refractivity contribution >= 4 is 28.5 Å². The molecule has 0 bridgehead atoms. The molecule has 0 saturated carbocycles. The van der Waals surface area contributed by atoms with Crippen LogP contribution in [0.25, 0.3) is 10.9 Å². The van der Waals surface area contributed by atoms with Crippen molar-refractivity contribution in [1.29, 1.82) is 5.26 Å². The summed E-state index contributed by atoms with van der Waals surface area (Å²) >= 11 is 0. The van der Waals surface area contributed by atoms with Gasteiger partial charge in [0.05, 0.1) is 31.3 Å². The first-order valence-electron chi connectivity index (χ1n) is 12.7. The Labute approximate surface area is 231 Å². The highest BCUT2D eigenvalue weighted by Gasteiger charge is 2.34. The summed E-state index contributed by atoms with van der Waals surface area (Å²) in [4.78, 5) is 21.7. The zero-order valence-electron chi connectivity index (χ0n) is 22.2. The maximum atomic E-state index is 13.8. The Morgan fingerprint density at radius 3 is 2.58 bits per heavy atom. The number of piperazine rings is 1. The molecule has 1 N–H and O–H groups in total. The van der Waals surface area contributed by atoms with E-state index in [1.807, 2.05) is 58.5 Å². The number of pyridine rings is 1.